The summed E-state index contributed by atoms with van der Waals surface area (Å²) in [4.78, 5) is 14.7. The molecule has 2 unspecified atom stereocenters. The van der Waals surface area contributed by atoms with E-state index in [0.29, 0.717) is 18.9 Å². The molecule has 0 saturated carbocycles. The van der Waals surface area contributed by atoms with Gasteiger partial charge in [0.1, 0.15) is 0 Å². The van der Waals surface area contributed by atoms with Crippen LogP contribution >= 0.6 is 0 Å². The molecule has 128 valence electrons. The fraction of sp³-hybridized carbons (Fsp3) is 0.778. The van der Waals surface area contributed by atoms with Crippen molar-refractivity contribution in [3.63, 3.8) is 0 Å². The second-order valence-electron chi connectivity index (χ2n) is 8.46. The first-order chi connectivity index (χ1) is 10.8. The fourth-order valence-corrected chi connectivity index (χ4v) is 4.01. The van der Waals surface area contributed by atoms with Crippen LogP contribution in [0.15, 0.2) is 6.20 Å². The normalized spacial score (nSPS) is 24.8. The molecule has 5 nitrogen and oxygen atoms in total. The Morgan fingerprint density at radius 3 is 2.87 bits per heavy atom. The number of likely N-dealkylation sites (tertiary alicyclic amines) is 1. The molecule has 5 heteroatoms. The zero-order valence-corrected chi connectivity index (χ0v) is 14.7. The summed E-state index contributed by atoms with van der Waals surface area (Å²) in [5, 5.41) is 4.44. The number of carbonyl (C=O) groups excluding carboxylic acids is 1. The third-order valence-electron chi connectivity index (χ3n) is 5.13. The number of aryl methyl sites for hydroxylation is 1. The summed E-state index contributed by atoms with van der Waals surface area (Å²) in [5.74, 6) is 0.623. The Morgan fingerprint density at radius 2 is 2.13 bits per heavy atom. The van der Waals surface area contributed by atoms with E-state index < -0.39 is 0 Å². The van der Waals surface area contributed by atoms with Crippen molar-refractivity contribution in [2.45, 2.75) is 65.5 Å². The topological polar surface area (TPSA) is 64.2 Å². The van der Waals surface area contributed by atoms with Gasteiger partial charge in [0.15, 0.2) is 0 Å². The molecular formula is C18H30N4O. The number of rotatable bonds is 3. The fourth-order valence-electron chi connectivity index (χ4n) is 4.01. The lowest BCUT2D eigenvalue weighted by atomic mass is 9.83. The van der Waals surface area contributed by atoms with Gasteiger partial charge >= 0.3 is 0 Å². The van der Waals surface area contributed by atoms with Crippen molar-refractivity contribution < 1.29 is 4.79 Å². The molecular weight excluding hydrogens is 288 g/mol. The summed E-state index contributed by atoms with van der Waals surface area (Å²) in [7, 11) is 0. The van der Waals surface area contributed by atoms with Gasteiger partial charge in [-0.1, -0.05) is 20.8 Å². The Hall–Kier alpha value is -1.36. The van der Waals surface area contributed by atoms with Crippen LogP contribution in [0.4, 0.5) is 0 Å². The van der Waals surface area contributed by atoms with Gasteiger partial charge in [-0.2, -0.15) is 5.10 Å². The highest BCUT2D eigenvalue weighted by atomic mass is 16.2. The van der Waals surface area contributed by atoms with Crippen molar-refractivity contribution in [1.29, 1.82) is 0 Å². The molecule has 0 aliphatic carbocycles. The molecule has 2 aliphatic rings. The van der Waals surface area contributed by atoms with Crippen molar-refractivity contribution in [1.82, 2.24) is 14.7 Å². The Morgan fingerprint density at radius 1 is 1.35 bits per heavy atom. The number of nitrogens with two attached hydrogens (primary N) is 1. The highest BCUT2D eigenvalue weighted by molar-refractivity contribution is 5.79. The first-order valence-corrected chi connectivity index (χ1v) is 8.90. The van der Waals surface area contributed by atoms with Crippen LogP contribution in [0.5, 0.6) is 0 Å². The van der Waals surface area contributed by atoms with Crippen LogP contribution in [0, 0.1) is 11.3 Å². The molecule has 1 saturated heterocycles. The Balaban J connectivity index is 1.62. The molecule has 3 heterocycles. The van der Waals surface area contributed by atoms with Crippen LogP contribution < -0.4 is 5.73 Å². The van der Waals surface area contributed by atoms with Crippen molar-refractivity contribution >= 4 is 5.91 Å². The van der Waals surface area contributed by atoms with Gasteiger partial charge < -0.3 is 10.6 Å². The van der Waals surface area contributed by atoms with Crippen molar-refractivity contribution in [3.05, 3.63) is 17.5 Å². The summed E-state index contributed by atoms with van der Waals surface area (Å²) in [5.41, 5.74) is 8.92. The standard InChI is InChI=1S/C18H30N4O/c1-18(2,3)9-14-11-21(12-15(14)19)17(23)8-13-10-20-22-7-5-4-6-16(13)22/h10,14-15H,4-9,11-12,19H2,1-3H3. The summed E-state index contributed by atoms with van der Waals surface area (Å²) >= 11 is 0. The van der Waals surface area contributed by atoms with Gasteiger partial charge in [0.05, 0.1) is 12.6 Å². The van der Waals surface area contributed by atoms with Crippen molar-refractivity contribution in [2.75, 3.05) is 13.1 Å². The molecule has 0 bridgehead atoms. The molecule has 0 spiro atoms. The van der Waals surface area contributed by atoms with Gasteiger partial charge in [0.2, 0.25) is 5.91 Å². The van der Waals surface area contributed by atoms with Gasteiger partial charge in [-0.05, 0) is 37.0 Å². The molecule has 2 atom stereocenters. The van der Waals surface area contributed by atoms with Gasteiger partial charge in [-0.3, -0.25) is 9.48 Å². The van der Waals surface area contributed by atoms with Gasteiger partial charge in [-0.25, -0.2) is 0 Å². The quantitative estimate of drug-likeness (QED) is 0.927. The summed E-state index contributed by atoms with van der Waals surface area (Å²) in [6.45, 7) is 9.21. The van der Waals surface area contributed by atoms with Gasteiger partial charge in [0.25, 0.3) is 0 Å². The van der Waals surface area contributed by atoms with E-state index >= 15 is 0 Å². The minimum atomic E-state index is 0.110. The maximum Gasteiger partial charge on any atom is 0.227 e. The second-order valence-corrected chi connectivity index (χ2v) is 8.46. The molecule has 1 amide bonds. The number of amides is 1. The van der Waals surface area contributed by atoms with Gasteiger partial charge in [-0.15, -0.1) is 0 Å². The summed E-state index contributed by atoms with van der Waals surface area (Å²) < 4.78 is 2.07. The van der Waals surface area contributed by atoms with Crippen LogP contribution in [-0.4, -0.2) is 39.7 Å². The first-order valence-electron chi connectivity index (χ1n) is 8.90. The Bertz CT molecular complexity index is 572. The van der Waals surface area contributed by atoms with Crippen LogP contribution in [-0.2, 0) is 24.2 Å². The molecule has 1 aromatic rings. The molecule has 0 aromatic carbocycles. The maximum absolute atomic E-state index is 12.7. The number of nitrogens with zero attached hydrogens (tertiary/aromatic N) is 3. The van der Waals surface area contributed by atoms with E-state index in [0.717, 1.165) is 31.5 Å². The van der Waals surface area contributed by atoms with Gasteiger partial charge in [0, 0.05) is 36.9 Å². The number of aromatic nitrogens is 2. The minimum Gasteiger partial charge on any atom is -0.341 e. The SMILES string of the molecule is CC(C)(C)CC1CN(C(=O)Cc2cnn3c2CCCC3)CC1N. The monoisotopic (exact) mass is 318 g/mol. The average Bonchev–Trinajstić information content (AvgIpc) is 3.03. The second kappa shape index (κ2) is 6.27. The summed E-state index contributed by atoms with van der Waals surface area (Å²) in [6, 6.07) is 0.110. The van der Waals surface area contributed by atoms with Crippen LogP contribution in [0.25, 0.3) is 0 Å². The Labute approximate surface area is 139 Å². The number of carbonyl (C=O) groups is 1. The molecule has 3 rings (SSSR count). The van der Waals surface area contributed by atoms with Crippen LogP contribution in [0.1, 0.15) is 51.3 Å². The van der Waals surface area contributed by atoms with Crippen LogP contribution in [0.2, 0.25) is 0 Å². The number of hydrogen-bond donors (Lipinski definition) is 1. The number of hydrogen-bond acceptors (Lipinski definition) is 3. The van der Waals surface area contributed by atoms with E-state index in [1.165, 1.54) is 18.5 Å². The first kappa shape index (κ1) is 16.5. The summed E-state index contributed by atoms with van der Waals surface area (Å²) in [6.07, 6.45) is 6.88. The largest absolute Gasteiger partial charge is 0.341 e. The van der Waals surface area contributed by atoms with E-state index in [1.807, 2.05) is 11.1 Å². The molecule has 2 N–H and O–H groups in total. The third-order valence-corrected chi connectivity index (χ3v) is 5.13. The van der Waals surface area contributed by atoms with E-state index in [-0.39, 0.29) is 17.4 Å². The zero-order chi connectivity index (χ0) is 16.6. The predicted octanol–water partition coefficient (Wildman–Crippen LogP) is 1.98. The van der Waals surface area contributed by atoms with E-state index in [2.05, 4.69) is 30.6 Å². The number of fused-ring (bicyclic) bond motifs is 1. The minimum absolute atomic E-state index is 0.110. The lowest BCUT2D eigenvalue weighted by molar-refractivity contribution is -0.129. The molecule has 1 aromatic heterocycles. The highest BCUT2D eigenvalue weighted by Crippen LogP contribution is 2.30. The van der Waals surface area contributed by atoms with Crippen molar-refractivity contribution in [2.24, 2.45) is 17.1 Å². The third kappa shape index (κ3) is 3.77. The molecule has 1 fully saturated rings. The maximum atomic E-state index is 12.7. The van der Waals surface area contributed by atoms with E-state index in [1.54, 1.807) is 0 Å². The molecule has 23 heavy (non-hydrogen) atoms. The van der Waals surface area contributed by atoms with E-state index in [9.17, 15) is 4.79 Å². The molecule has 0 radical (unpaired) electrons. The molecule has 2 aliphatic heterocycles. The van der Waals surface area contributed by atoms with Crippen LogP contribution in [0.3, 0.4) is 0 Å². The average molecular weight is 318 g/mol. The lowest BCUT2D eigenvalue weighted by Crippen LogP contribution is -2.33. The van der Waals surface area contributed by atoms with Crippen molar-refractivity contribution in [3.8, 4) is 0 Å². The lowest BCUT2D eigenvalue weighted by Gasteiger charge is -2.24. The smallest absolute Gasteiger partial charge is 0.227 e. The highest BCUT2D eigenvalue weighted by Gasteiger charge is 2.35. The zero-order valence-electron chi connectivity index (χ0n) is 14.7. The predicted molar refractivity (Wildman–Crippen MR) is 91.0 cm³/mol. The van der Waals surface area contributed by atoms with E-state index in [4.69, 9.17) is 5.73 Å². The Kier molecular flexibility index (Phi) is 4.50.